The molecule has 0 aliphatic rings. The van der Waals surface area contributed by atoms with Crippen molar-refractivity contribution >= 4 is 17.7 Å². The summed E-state index contributed by atoms with van der Waals surface area (Å²) in [6.07, 6.45) is 4.24. The number of aliphatic hydroxyl groups is 1. The normalized spacial score (nSPS) is 11.1. The third kappa shape index (κ3) is 3.13. The molecule has 0 aliphatic carbocycles. The molecule has 0 atom stereocenters. The highest BCUT2D eigenvalue weighted by Gasteiger charge is 1.99. The summed E-state index contributed by atoms with van der Waals surface area (Å²) in [4.78, 5) is 0. The van der Waals surface area contributed by atoms with Crippen molar-refractivity contribution in [2.45, 2.75) is 13.0 Å². The van der Waals surface area contributed by atoms with E-state index in [0.717, 1.165) is 6.42 Å². The second-order valence-corrected chi connectivity index (χ2v) is 3.27. The van der Waals surface area contributed by atoms with Gasteiger partial charge in [-0.2, -0.15) is 0 Å². The van der Waals surface area contributed by atoms with Gasteiger partial charge in [-0.15, -0.1) is 11.6 Å². The highest BCUT2D eigenvalue weighted by molar-refractivity contribution is 6.17. The molecule has 1 rings (SSSR count). The fourth-order valence-corrected chi connectivity index (χ4v) is 1.20. The van der Waals surface area contributed by atoms with Crippen LogP contribution in [0.2, 0.25) is 0 Å². The van der Waals surface area contributed by atoms with E-state index in [1.807, 2.05) is 6.08 Å². The highest BCUT2D eigenvalue weighted by atomic mass is 35.5. The van der Waals surface area contributed by atoms with Gasteiger partial charge >= 0.3 is 0 Å². The fraction of sp³-hybridized carbons (Fsp3) is 0.273. The first-order valence-electron chi connectivity index (χ1n) is 4.39. The van der Waals surface area contributed by atoms with Crippen LogP contribution in [0.15, 0.2) is 24.3 Å². The van der Waals surface area contributed by atoms with Crippen molar-refractivity contribution in [1.29, 1.82) is 0 Å². The Morgan fingerprint density at radius 2 is 2.21 bits per heavy atom. The second-order valence-electron chi connectivity index (χ2n) is 2.89. The van der Waals surface area contributed by atoms with Gasteiger partial charge in [0.1, 0.15) is 5.82 Å². The van der Waals surface area contributed by atoms with Crippen LogP contribution in [0.5, 0.6) is 0 Å². The monoisotopic (exact) mass is 214 g/mol. The summed E-state index contributed by atoms with van der Waals surface area (Å²) < 4.78 is 13.3. The van der Waals surface area contributed by atoms with Gasteiger partial charge in [-0.05, 0) is 18.1 Å². The molecule has 3 heteroatoms. The van der Waals surface area contributed by atoms with Crippen LogP contribution in [-0.4, -0.2) is 11.0 Å². The molecule has 0 saturated carbocycles. The second kappa shape index (κ2) is 5.78. The van der Waals surface area contributed by atoms with Crippen molar-refractivity contribution in [2.24, 2.45) is 0 Å². The largest absolute Gasteiger partial charge is 0.392 e. The highest BCUT2D eigenvalue weighted by Crippen LogP contribution is 2.12. The van der Waals surface area contributed by atoms with E-state index in [9.17, 15) is 4.39 Å². The molecule has 1 N–H and O–H groups in total. The first-order valence-corrected chi connectivity index (χ1v) is 4.93. The average Bonchev–Trinajstić information content (AvgIpc) is 2.20. The minimum absolute atomic E-state index is 0.136. The number of alkyl halides is 1. The predicted octanol–water partition coefficient (Wildman–Crippen LogP) is 2.96. The standard InChI is InChI=1S/C11H12ClFO/c12-6-2-1-3-10-5-4-9(8-14)7-11(10)13/h1,3-5,7,14H,2,6,8H2. The van der Waals surface area contributed by atoms with Gasteiger partial charge in [0.15, 0.2) is 0 Å². The Kier molecular flexibility index (Phi) is 4.63. The van der Waals surface area contributed by atoms with Crippen LogP contribution in [0.4, 0.5) is 4.39 Å². The van der Waals surface area contributed by atoms with Gasteiger partial charge in [0.05, 0.1) is 6.61 Å². The van der Waals surface area contributed by atoms with Crippen LogP contribution >= 0.6 is 11.6 Å². The molecule has 0 spiro atoms. The molecular formula is C11H12ClFO. The van der Waals surface area contributed by atoms with E-state index in [2.05, 4.69) is 0 Å². The van der Waals surface area contributed by atoms with Crippen molar-refractivity contribution in [3.8, 4) is 0 Å². The first-order chi connectivity index (χ1) is 6.77. The molecule has 0 aromatic heterocycles. The van der Waals surface area contributed by atoms with Crippen LogP contribution in [0.3, 0.4) is 0 Å². The molecule has 0 aliphatic heterocycles. The van der Waals surface area contributed by atoms with E-state index in [4.69, 9.17) is 16.7 Å². The SMILES string of the molecule is OCc1ccc(C=CCCCl)c(F)c1. The Labute approximate surface area is 87.8 Å². The molecule has 1 nitrogen and oxygen atoms in total. The molecule has 14 heavy (non-hydrogen) atoms. The zero-order valence-electron chi connectivity index (χ0n) is 7.71. The average molecular weight is 215 g/mol. The molecule has 76 valence electrons. The molecule has 0 bridgehead atoms. The molecule has 1 aromatic rings. The summed E-state index contributed by atoms with van der Waals surface area (Å²) in [5, 5.41) is 8.76. The van der Waals surface area contributed by atoms with Crippen molar-refractivity contribution in [3.05, 3.63) is 41.2 Å². The molecule has 0 heterocycles. The quantitative estimate of drug-likeness (QED) is 0.765. The lowest BCUT2D eigenvalue weighted by Gasteiger charge is -1.99. The Morgan fingerprint density at radius 1 is 1.43 bits per heavy atom. The van der Waals surface area contributed by atoms with E-state index >= 15 is 0 Å². The van der Waals surface area contributed by atoms with Gasteiger partial charge in [-0.25, -0.2) is 4.39 Å². The fourth-order valence-electron chi connectivity index (χ4n) is 1.08. The number of allylic oxidation sites excluding steroid dienone is 1. The van der Waals surface area contributed by atoms with Crippen molar-refractivity contribution in [1.82, 2.24) is 0 Å². The number of rotatable bonds is 4. The van der Waals surface area contributed by atoms with Crippen molar-refractivity contribution < 1.29 is 9.50 Å². The summed E-state index contributed by atoms with van der Waals surface area (Å²) in [5.74, 6) is 0.217. The maximum absolute atomic E-state index is 13.3. The lowest BCUT2D eigenvalue weighted by Crippen LogP contribution is -1.87. The number of benzene rings is 1. The van der Waals surface area contributed by atoms with E-state index in [0.29, 0.717) is 17.0 Å². The summed E-state index contributed by atoms with van der Waals surface area (Å²) in [6, 6.07) is 4.68. The lowest BCUT2D eigenvalue weighted by molar-refractivity contribution is 0.281. The maximum Gasteiger partial charge on any atom is 0.130 e. The lowest BCUT2D eigenvalue weighted by atomic mass is 10.1. The van der Waals surface area contributed by atoms with Crippen LogP contribution in [0.1, 0.15) is 17.5 Å². The van der Waals surface area contributed by atoms with E-state index in [1.165, 1.54) is 6.07 Å². The predicted molar refractivity (Wildman–Crippen MR) is 56.7 cm³/mol. The van der Waals surface area contributed by atoms with E-state index < -0.39 is 0 Å². The van der Waals surface area contributed by atoms with Crippen LogP contribution in [0, 0.1) is 5.82 Å². The Morgan fingerprint density at radius 3 is 2.79 bits per heavy atom. The number of hydrogen-bond acceptors (Lipinski definition) is 1. The topological polar surface area (TPSA) is 20.2 Å². The summed E-state index contributed by atoms with van der Waals surface area (Å²) >= 11 is 5.48. The Bertz CT molecular complexity index is 323. The maximum atomic E-state index is 13.3. The zero-order chi connectivity index (χ0) is 10.4. The van der Waals surface area contributed by atoms with Gasteiger partial charge in [0.25, 0.3) is 0 Å². The molecule has 0 radical (unpaired) electrons. The van der Waals surface area contributed by atoms with Gasteiger partial charge in [0.2, 0.25) is 0 Å². The van der Waals surface area contributed by atoms with Gasteiger partial charge < -0.3 is 5.11 Å². The summed E-state index contributed by atoms with van der Waals surface area (Å²) in [5.41, 5.74) is 1.10. The van der Waals surface area contributed by atoms with Crippen LogP contribution in [-0.2, 0) is 6.61 Å². The zero-order valence-corrected chi connectivity index (χ0v) is 8.47. The minimum Gasteiger partial charge on any atom is -0.392 e. The smallest absolute Gasteiger partial charge is 0.130 e. The van der Waals surface area contributed by atoms with E-state index in [1.54, 1.807) is 18.2 Å². The molecule has 0 fully saturated rings. The molecule has 0 saturated heterocycles. The van der Waals surface area contributed by atoms with Crippen LogP contribution in [0.25, 0.3) is 6.08 Å². The molecule has 0 unspecified atom stereocenters. The minimum atomic E-state index is -0.317. The van der Waals surface area contributed by atoms with Gasteiger partial charge in [-0.1, -0.05) is 24.3 Å². The first kappa shape index (κ1) is 11.2. The number of halogens is 2. The van der Waals surface area contributed by atoms with E-state index in [-0.39, 0.29) is 12.4 Å². The molecule has 1 aromatic carbocycles. The van der Waals surface area contributed by atoms with Crippen LogP contribution < -0.4 is 0 Å². The third-order valence-electron chi connectivity index (χ3n) is 1.82. The molecular weight excluding hydrogens is 203 g/mol. The Hall–Kier alpha value is -0.860. The van der Waals surface area contributed by atoms with Gasteiger partial charge in [-0.3, -0.25) is 0 Å². The summed E-state index contributed by atoms with van der Waals surface area (Å²) in [6.45, 7) is -0.136. The Balaban J connectivity index is 2.78. The third-order valence-corrected chi connectivity index (χ3v) is 2.04. The number of hydrogen-bond donors (Lipinski definition) is 1. The molecule has 0 amide bonds. The summed E-state index contributed by atoms with van der Waals surface area (Å²) in [7, 11) is 0. The van der Waals surface area contributed by atoms with Gasteiger partial charge in [0, 0.05) is 11.4 Å². The van der Waals surface area contributed by atoms with Crippen molar-refractivity contribution in [3.63, 3.8) is 0 Å². The van der Waals surface area contributed by atoms with Crippen molar-refractivity contribution in [2.75, 3.05) is 5.88 Å². The number of aliphatic hydroxyl groups excluding tert-OH is 1.